The SMILES string of the molecule is COCCN(CCOC)C(=O)c1cn[nH]n1. The number of nitrogens with one attached hydrogen (secondary N) is 1. The highest BCUT2D eigenvalue weighted by molar-refractivity contribution is 5.91. The van der Waals surface area contributed by atoms with Crippen LogP contribution in [0.4, 0.5) is 0 Å². The van der Waals surface area contributed by atoms with Crippen molar-refractivity contribution >= 4 is 5.91 Å². The lowest BCUT2D eigenvalue weighted by molar-refractivity contribution is 0.0622. The van der Waals surface area contributed by atoms with Crippen LogP contribution in [0.2, 0.25) is 0 Å². The Kier molecular flexibility index (Phi) is 5.44. The molecule has 7 nitrogen and oxygen atoms in total. The Morgan fingerprint density at radius 3 is 2.44 bits per heavy atom. The van der Waals surface area contributed by atoms with Crippen molar-refractivity contribution in [3.8, 4) is 0 Å². The van der Waals surface area contributed by atoms with Crippen molar-refractivity contribution in [1.82, 2.24) is 20.3 Å². The van der Waals surface area contributed by atoms with Crippen molar-refractivity contribution in [1.29, 1.82) is 0 Å². The van der Waals surface area contributed by atoms with Crippen molar-refractivity contribution in [2.24, 2.45) is 0 Å². The second-order valence-electron chi connectivity index (χ2n) is 3.13. The van der Waals surface area contributed by atoms with Crippen molar-refractivity contribution in [2.75, 3.05) is 40.5 Å². The van der Waals surface area contributed by atoms with Gasteiger partial charge in [0.15, 0.2) is 5.69 Å². The Morgan fingerprint density at radius 2 is 2.00 bits per heavy atom. The van der Waals surface area contributed by atoms with E-state index < -0.39 is 0 Å². The first-order chi connectivity index (χ1) is 7.79. The van der Waals surface area contributed by atoms with Crippen molar-refractivity contribution < 1.29 is 14.3 Å². The number of aromatic amines is 1. The normalized spacial score (nSPS) is 10.4. The lowest BCUT2D eigenvalue weighted by Gasteiger charge is -2.20. The average molecular weight is 228 g/mol. The molecular formula is C9H16N4O3. The molecular weight excluding hydrogens is 212 g/mol. The smallest absolute Gasteiger partial charge is 0.276 e. The van der Waals surface area contributed by atoms with Gasteiger partial charge in [0.25, 0.3) is 5.91 Å². The zero-order chi connectivity index (χ0) is 11.8. The molecule has 0 aromatic carbocycles. The largest absolute Gasteiger partial charge is 0.383 e. The van der Waals surface area contributed by atoms with Gasteiger partial charge in [0.1, 0.15) is 0 Å². The van der Waals surface area contributed by atoms with Crippen LogP contribution in [0.25, 0.3) is 0 Å². The molecule has 7 heteroatoms. The number of methoxy groups -OCH3 is 2. The van der Waals surface area contributed by atoms with Crippen LogP contribution in [0, 0.1) is 0 Å². The van der Waals surface area contributed by atoms with E-state index in [9.17, 15) is 4.79 Å². The van der Waals surface area contributed by atoms with Crippen molar-refractivity contribution in [2.45, 2.75) is 0 Å². The Labute approximate surface area is 93.7 Å². The highest BCUT2D eigenvalue weighted by atomic mass is 16.5. The summed E-state index contributed by atoms with van der Waals surface area (Å²) in [5.74, 6) is -0.178. The Morgan fingerprint density at radius 1 is 1.38 bits per heavy atom. The van der Waals surface area contributed by atoms with Gasteiger partial charge in [-0.15, -0.1) is 0 Å². The highest BCUT2D eigenvalue weighted by Crippen LogP contribution is 1.99. The van der Waals surface area contributed by atoms with Gasteiger partial charge in [-0.1, -0.05) is 0 Å². The van der Waals surface area contributed by atoms with E-state index in [1.807, 2.05) is 0 Å². The van der Waals surface area contributed by atoms with Gasteiger partial charge >= 0.3 is 0 Å². The van der Waals surface area contributed by atoms with Crippen LogP contribution in [0.3, 0.4) is 0 Å². The Hall–Kier alpha value is -1.47. The molecule has 1 aromatic rings. The van der Waals surface area contributed by atoms with E-state index in [2.05, 4.69) is 15.4 Å². The molecule has 16 heavy (non-hydrogen) atoms. The molecule has 0 aliphatic carbocycles. The molecule has 1 rings (SSSR count). The van der Waals surface area contributed by atoms with Gasteiger partial charge < -0.3 is 14.4 Å². The summed E-state index contributed by atoms with van der Waals surface area (Å²) in [4.78, 5) is 13.5. The first kappa shape index (κ1) is 12.6. The third-order valence-corrected chi connectivity index (χ3v) is 2.05. The molecule has 1 heterocycles. The third-order valence-electron chi connectivity index (χ3n) is 2.05. The number of amides is 1. The molecule has 1 amide bonds. The van der Waals surface area contributed by atoms with E-state index in [1.165, 1.54) is 6.20 Å². The zero-order valence-corrected chi connectivity index (χ0v) is 9.47. The lowest BCUT2D eigenvalue weighted by atomic mass is 10.3. The average Bonchev–Trinajstić information content (AvgIpc) is 2.82. The molecule has 0 fully saturated rings. The summed E-state index contributed by atoms with van der Waals surface area (Å²) < 4.78 is 9.88. The zero-order valence-electron chi connectivity index (χ0n) is 9.47. The molecule has 0 aliphatic rings. The Bertz CT molecular complexity index is 294. The number of carbonyl (C=O) groups is 1. The van der Waals surface area contributed by atoms with Crippen LogP contribution in [-0.2, 0) is 9.47 Å². The molecule has 0 bridgehead atoms. The molecule has 0 spiro atoms. The highest BCUT2D eigenvalue weighted by Gasteiger charge is 2.17. The van der Waals surface area contributed by atoms with Crippen LogP contribution in [-0.4, -0.2) is 66.7 Å². The molecule has 0 aliphatic heterocycles. The summed E-state index contributed by atoms with van der Waals surface area (Å²) in [6.07, 6.45) is 1.40. The van der Waals surface area contributed by atoms with E-state index in [0.29, 0.717) is 32.0 Å². The summed E-state index contributed by atoms with van der Waals surface area (Å²) in [6, 6.07) is 0. The summed E-state index contributed by atoms with van der Waals surface area (Å²) in [5.41, 5.74) is 0.298. The van der Waals surface area contributed by atoms with Gasteiger partial charge in [0.2, 0.25) is 0 Å². The van der Waals surface area contributed by atoms with E-state index in [-0.39, 0.29) is 5.91 Å². The number of ether oxygens (including phenoxy) is 2. The van der Waals surface area contributed by atoms with E-state index >= 15 is 0 Å². The maximum Gasteiger partial charge on any atom is 0.276 e. The summed E-state index contributed by atoms with van der Waals surface area (Å²) in [7, 11) is 3.18. The Balaban J connectivity index is 2.56. The molecule has 1 aromatic heterocycles. The van der Waals surface area contributed by atoms with Crippen LogP contribution in [0.15, 0.2) is 6.20 Å². The van der Waals surface area contributed by atoms with Gasteiger partial charge in [-0.25, -0.2) is 0 Å². The monoisotopic (exact) mass is 228 g/mol. The van der Waals surface area contributed by atoms with E-state index in [0.717, 1.165) is 0 Å². The van der Waals surface area contributed by atoms with Crippen LogP contribution in [0.5, 0.6) is 0 Å². The molecule has 0 atom stereocenters. The standard InChI is InChI=1S/C9H16N4O3/c1-15-5-3-13(4-6-16-2)9(14)8-7-10-12-11-8/h7H,3-6H2,1-2H3,(H,10,11,12). The predicted octanol–water partition coefficient (Wildman–Crippen LogP) is -0.460. The van der Waals surface area contributed by atoms with Gasteiger partial charge in [-0.05, 0) is 0 Å². The van der Waals surface area contributed by atoms with Crippen LogP contribution < -0.4 is 0 Å². The first-order valence-corrected chi connectivity index (χ1v) is 4.92. The fourth-order valence-electron chi connectivity index (χ4n) is 1.18. The third kappa shape index (κ3) is 3.59. The molecule has 90 valence electrons. The number of rotatable bonds is 7. The minimum Gasteiger partial charge on any atom is -0.383 e. The number of hydrogen-bond donors (Lipinski definition) is 1. The summed E-state index contributed by atoms with van der Waals surface area (Å²) in [5, 5.41) is 9.75. The van der Waals surface area contributed by atoms with Crippen molar-refractivity contribution in [3.05, 3.63) is 11.9 Å². The van der Waals surface area contributed by atoms with E-state index in [4.69, 9.17) is 9.47 Å². The molecule has 0 radical (unpaired) electrons. The molecule has 0 saturated carbocycles. The topological polar surface area (TPSA) is 80.3 Å². The minimum absolute atomic E-state index is 0.178. The second kappa shape index (κ2) is 6.91. The summed E-state index contributed by atoms with van der Waals surface area (Å²) in [6.45, 7) is 1.97. The quantitative estimate of drug-likeness (QED) is 0.683. The fourth-order valence-corrected chi connectivity index (χ4v) is 1.18. The van der Waals surface area contributed by atoms with Crippen LogP contribution in [0.1, 0.15) is 10.5 Å². The van der Waals surface area contributed by atoms with Gasteiger partial charge in [0, 0.05) is 27.3 Å². The van der Waals surface area contributed by atoms with Crippen LogP contribution >= 0.6 is 0 Å². The number of H-pyrrole nitrogens is 1. The maximum absolute atomic E-state index is 11.9. The molecule has 1 N–H and O–H groups in total. The number of hydrogen-bond acceptors (Lipinski definition) is 5. The summed E-state index contributed by atoms with van der Waals surface area (Å²) >= 11 is 0. The molecule has 0 saturated heterocycles. The van der Waals surface area contributed by atoms with Gasteiger partial charge in [-0.2, -0.15) is 15.4 Å². The lowest BCUT2D eigenvalue weighted by Crippen LogP contribution is -2.36. The fraction of sp³-hybridized carbons (Fsp3) is 0.667. The molecule has 0 unspecified atom stereocenters. The van der Waals surface area contributed by atoms with E-state index in [1.54, 1.807) is 19.1 Å². The first-order valence-electron chi connectivity index (χ1n) is 4.92. The second-order valence-corrected chi connectivity index (χ2v) is 3.13. The maximum atomic E-state index is 11.9. The predicted molar refractivity (Wildman–Crippen MR) is 56.0 cm³/mol. The number of aromatic nitrogens is 3. The number of carbonyl (C=O) groups excluding carboxylic acids is 1. The van der Waals surface area contributed by atoms with Crippen molar-refractivity contribution in [3.63, 3.8) is 0 Å². The van der Waals surface area contributed by atoms with Gasteiger partial charge in [-0.3, -0.25) is 4.79 Å². The van der Waals surface area contributed by atoms with Gasteiger partial charge in [0.05, 0.1) is 19.4 Å². The minimum atomic E-state index is -0.178. The number of nitrogens with zero attached hydrogens (tertiary/aromatic N) is 3.